The van der Waals surface area contributed by atoms with Crippen molar-refractivity contribution in [3.8, 4) is 0 Å². The smallest absolute Gasteiger partial charge is 0.135 e. The lowest BCUT2D eigenvalue weighted by Crippen LogP contribution is -2.19. The first kappa shape index (κ1) is 12.7. The number of thiocarbonyl (C=S) groups is 1. The van der Waals surface area contributed by atoms with Gasteiger partial charge in [-0.1, -0.05) is 78.9 Å². The van der Waals surface area contributed by atoms with Gasteiger partial charge in [0.25, 0.3) is 0 Å². The number of thioether (sulfide) groups is 2. The molecule has 94 valence electrons. The van der Waals surface area contributed by atoms with Gasteiger partial charge in [0.1, 0.15) is 9.36 Å². The number of fused-ring (bicyclic) bond motifs is 1. The van der Waals surface area contributed by atoms with Crippen molar-refractivity contribution >= 4 is 45.1 Å². The Bertz CT molecular complexity index is 453. The Labute approximate surface area is 122 Å². The molecule has 1 heterocycles. The summed E-state index contributed by atoms with van der Waals surface area (Å²) in [6.07, 6.45) is 5.45. The van der Waals surface area contributed by atoms with E-state index in [1.807, 2.05) is 53.9 Å². The van der Waals surface area contributed by atoms with Crippen LogP contribution in [-0.4, -0.2) is 19.9 Å². The van der Waals surface area contributed by atoms with E-state index >= 15 is 0 Å². The summed E-state index contributed by atoms with van der Waals surface area (Å²) in [6.45, 7) is 0. The zero-order valence-corrected chi connectivity index (χ0v) is 12.5. The number of rotatable bonds is 1. The Morgan fingerprint density at radius 1 is 1.06 bits per heavy atom. The van der Waals surface area contributed by atoms with E-state index in [-0.39, 0.29) is 0 Å². The summed E-state index contributed by atoms with van der Waals surface area (Å²) in [6, 6.07) is 10.1. The predicted molar refractivity (Wildman–Crippen MR) is 86.8 cm³/mol. The van der Waals surface area contributed by atoms with Crippen molar-refractivity contribution in [1.29, 1.82) is 0 Å². The minimum absolute atomic E-state index is 0.726. The van der Waals surface area contributed by atoms with E-state index in [1.165, 1.54) is 30.1 Å². The van der Waals surface area contributed by atoms with Gasteiger partial charge in [0, 0.05) is 16.1 Å². The number of hydrogen-bond donors (Lipinski definition) is 0. The third-order valence-electron chi connectivity index (χ3n) is 3.36. The van der Waals surface area contributed by atoms with Gasteiger partial charge < -0.3 is 0 Å². The minimum Gasteiger partial charge on any atom is -0.223 e. The highest BCUT2D eigenvalue weighted by molar-refractivity contribution is 8.42. The van der Waals surface area contributed by atoms with Gasteiger partial charge in [-0.05, 0) is 12.8 Å². The van der Waals surface area contributed by atoms with Crippen LogP contribution >= 0.6 is 35.7 Å². The fourth-order valence-corrected chi connectivity index (χ4v) is 5.99. The van der Waals surface area contributed by atoms with E-state index in [0.717, 1.165) is 21.1 Å². The van der Waals surface area contributed by atoms with Gasteiger partial charge in [0.15, 0.2) is 0 Å². The van der Waals surface area contributed by atoms with Crippen LogP contribution in [-0.2, 0) is 0 Å². The van der Waals surface area contributed by atoms with Crippen LogP contribution in [0.1, 0.15) is 31.2 Å². The molecule has 4 heteroatoms. The molecule has 1 aromatic carbocycles. The molecule has 0 N–H and O–H groups in total. The average molecular weight is 293 g/mol. The second kappa shape index (κ2) is 5.76. The Balaban J connectivity index is 1.72. The van der Waals surface area contributed by atoms with Crippen LogP contribution in [0.15, 0.2) is 35.3 Å². The Morgan fingerprint density at radius 3 is 2.28 bits per heavy atom. The van der Waals surface area contributed by atoms with Crippen LogP contribution in [0.2, 0.25) is 0 Å². The molecule has 1 aromatic rings. The standard InChI is InChI=1S/C14H15NS3/c16-13(10-6-2-1-3-7-10)15-14-17-11-8-4-5-9-12(11)18-14/h1-3,6-7,11-12H,4-5,8-9H2. The van der Waals surface area contributed by atoms with Crippen molar-refractivity contribution in [2.45, 2.75) is 36.2 Å². The number of aliphatic imine (C=N–C) groups is 1. The normalized spacial score (nSPS) is 26.8. The zero-order chi connectivity index (χ0) is 12.4. The lowest BCUT2D eigenvalue weighted by Gasteiger charge is -2.21. The number of nitrogens with zero attached hydrogens (tertiary/aromatic N) is 1. The van der Waals surface area contributed by atoms with Crippen molar-refractivity contribution in [2.75, 3.05) is 0 Å². The molecule has 1 saturated carbocycles. The minimum atomic E-state index is 0.726. The van der Waals surface area contributed by atoms with E-state index in [2.05, 4.69) is 4.99 Å². The van der Waals surface area contributed by atoms with Gasteiger partial charge in [-0.2, -0.15) is 0 Å². The molecule has 1 nitrogen and oxygen atoms in total. The van der Waals surface area contributed by atoms with Gasteiger partial charge in [-0.15, -0.1) is 0 Å². The summed E-state index contributed by atoms with van der Waals surface area (Å²) in [5.74, 6) is 0. The number of hydrogen-bond acceptors (Lipinski definition) is 3. The number of benzene rings is 1. The highest BCUT2D eigenvalue weighted by atomic mass is 32.2. The van der Waals surface area contributed by atoms with Crippen LogP contribution in [0.3, 0.4) is 0 Å². The van der Waals surface area contributed by atoms with Crippen LogP contribution < -0.4 is 0 Å². The summed E-state index contributed by atoms with van der Waals surface area (Å²) < 4.78 is 1.18. The highest BCUT2D eigenvalue weighted by Crippen LogP contribution is 2.46. The zero-order valence-electron chi connectivity index (χ0n) is 10.0. The second-order valence-electron chi connectivity index (χ2n) is 4.65. The van der Waals surface area contributed by atoms with Crippen molar-refractivity contribution in [1.82, 2.24) is 0 Å². The van der Waals surface area contributed by atoms with Gasteiger partial charge in [0.2, 0.25) is 0 Å². The predicted octanol–water partition coefficient (Wildman–Crippen LogP) is 4.51. The van der Waals surface area contributed by atoms with Crippen LogP contribution in [0.5, 0.6) is 0 Å². The molecule has 2 unspecified atom stereocenters. The summed E-state index contributed by atoms with van der Waals surface area (Å²) in [5, 5.41) is 1.56. The van der Waals surface area contributed by atoms with Crippen LogP contribution in [0, 0.1) is 0 Å². The highest BCUT2D eigenvalue weighted by Gasteiger charge is 2.35. The summed E-state index contributed by atoms with van der Waals surface area (Å²) >= 11 is 9.29. The fourth-order valence-electron chi connectivity index (χ4n) is 2.40. The first-order chi connectivity index (χ1) is 8.83. The summed E-state index contributed by atoms with van der Waals surface area (Å²) in [4.78, 5) is 5.37. The fraction of sp³-hybridized carbons (Fsp3) is 0.429. The maximum absolute atomic E-state index is 5.41. The van der Waals surface area contributed by atoms with Gasteiger partial charge in [0.05, 0.1) is 0 Å². The van der Waals surface area contributed by atoms with E-state index in [0.29, 0.717) is 0 Å². The first-order valence-electron chi connectivity index (χ1n) is 6.34. The molecule has 18 heavy (non-hydrogen) atoms. The van der Waals surface area contributed by atoms with Gasteiger partial charge in [-0.3, -0.25) is 0 Å². The van der Waals surface area contributed by atoms with Crippen molar-refractivity contribution in [3.63, 3.8) is 0 Å². The van der Waals surface area contributed by atoms with E-state index in [1.54, 1.807) is 0 Å². The molecule has 1 aliphatic carbocycles. The lowest BCUT2D eigenvalue weighted by atomic mass is 10.00. The van der Waals surface area contributed by atoms with Crippen molar-refractivity contribution in [3.05, 3.63) is 35.9 Å². The third-order valence-corrected chi connectivity index (χ3v) is 6.76. The van der Waals surface area contributed by atoms with E-state index in [9.17, 15) is 0 Å². The topological polar surface area (TPSA) is 12.4 Å². The molecule has 1 aliphatic heterocycles. The molecule has 0 spiro atoms. The third kappa shape index (κ3) is 2.81. The maximum Gasteiger partial charge on any atom is 0.135 e. The summed E-state index contributed by atoms with van der Waals surface area (Å²) in [7, 11) is 0. The lowest BCUT2D eigenvalue weighted by molar-refractivity contribution is 0.532. The SMILES string of the molecule is S=C(N=C1SC2CCCCC2S1)c1ccccc1. The van der Waals surface area contributed by atoms with Crippen molar-refractivity contribution < 1.29 is 0 Å². The largest absolute Gasteiger partial charge is 0.223 e. The molecule has 1 saturated heterocycles. The maximum atomic E-state index is 5.41. The van der Waals surface area contributed by atoms with Crippen LogP contribution in [0.4, 0.5) is 0 Å². The first-order valence-corrected chi connectivity index (χ1v) is 8.51. The molecular weight excluding hydrogens is 278 g/mol. The quantitative estimate of drug-likeness (QED) is 0.707. The molecule has 0 bridgehead atoms. The van der Waals surface area contributed by atoms with E-state index in [4.69, 9.17) is 12.2 Å². The Hall–Kier alpha value is -0.320. The molecule has 2 fully saturated rings. The van der Waals surface area contributed by atoms with Crippen LogP contribution in [0.25, 0.3) is 0 Å². The molecule has 0 aromatic heterocycles. The molecule has 2 atom stereocenters. The average Bonchev–Trinajstić information content (AvgIpc) is 2.82. The summed E-state index contributed by atoms with van der Waals surface area (Å²) in [5.41, 5.74) is 1.05. The second-order valence-corrected chi connectivity index (χ2v) is 7.75. The molecule has 0 radical (unpaired) electrons. The monoisotopic (exact) mass is 293 g/mol. The molecular formula is C14H15NS3. The Morgan fingerprint density at radius 2 is 1.67 bits per heavy atom. The van der Waals surface area contributed by atoms with Gasteiger partial charge in [-0.25, -0.2) is 4.99 Å². The van der Waals surface area contributed by atoms with E-state index < -0.39 is 0 Å². The molecule has 0 amide bonds. The Kier molecular flexibility index (Phi) is 4.07. The van der Waals surface area contributed by atoms with Gasteiger partial charge >= 0.3 is 0 Å². The molecule has 3 rings (SSSR count). The molecule has 2 aliphatic rings. The van der Waals surface area contributed by atoms with Crippen molar-refractivity contribution in [2.24, 2.45) is 4.99 Å².